The number of nitrogens with zero attached hydrogens (tertiary/aromatic N) is 1. The number of hydrogen-bond donors (Lipinski definition) is 0. The van der Waals surface area contributed by atoms with Crippen LogP contribution in [-0.2, 0) is 20.6 Å². The summed E-state index contributed by atoms with van der Waals surface area (Å²) in [5.74, 6) is 0.560. The molecule has 0 amide bonds. The maximum atomic E-state index is 12.6. The van der Waals surface area contributed by atoms with Crippen LogP contribution < -0.4 is 0 Å². The van der Waals surface area contributed by atoms with E-state index in [1.54, 1.807) is 7.11 Å². The van der Waals surface area contributed by atoms with Gasteiger partial charge in [-0.3, -0.25) is 0 Å². The summed E-state index contributed by atoms with van der Waals surface area (Å²) in [4.78, 5) is 0.131. The first kappa shape index (κ1) is 15.3. The molecule has 1 aliphatic carbocycles. The molecule has 0 radical (unpaired) electrons. The third-order valence-corrected chi connectivity index (χ3v) is 5.97. The van der Waals surface area contributed by atoms with Crippen LogP contribution in [0.25, 0.3) is 0 Å². The molecule has 1 saturated carbocycles. The monoisotopic (exact) mass is 371 g/mol. The van der Waals surface area contributed by atoms with Crippen molar-refractivity contribution in [2.75, 3.05) is 20.3 Å². The summed E-state index contributed by atoms with van der Waals surface area (Å²) < 4.78 is 37.1. The number of sulfonamides is 1. The zero-order chi connectivity index (χ0) is 14.0. The molecule has 0 aromatic carbocycles. The summed E-state index contributed by atoms with van der Waals surface area (Å²) in [5.41, 5.74) is 0. The van der Waals surface area contributed by atoms with Crippen molar-refractivity contribution in [2.24, 2.45) is 0 Å². The molecule has 0 saturated heterocycles. The highest BCUT2D eigenvalue weighted by Crippen LogP contribution is 2.35. The topological polar surface area (TPSA) is 59.8 Å². The third-order valence-electron chi connectivity index (χ3n) is 2.89. The van der Waals surface area contributed by atoms with Gasteiger partial charge < -0.3 is 9.15 Å². The normalized spacial score (nSPS) is 16.2. The molecule has 5 nitrogen and oxygen atoms in total. The lowest BCUT2D eigenvalue weighted by molar-refractivity contribution is 0.177. The summed E-state index contributed by atoms with van der Waals surface area (Å²) in [5, 5.41) is 0. The molecule has 0 aliphatic heterocycles. The van der Waals surface area contributed by atoms with Crippen molar-refractivity contribution >= 4 is 37.6 Å². The van der Waals surface area contributed by atoms with Gasteiger partial charge in [-0.25, -0.2) is 8.42 Å². The van der Waals surface area contributed by atoms with E-state index >= 15 is 0 Å². The number of rotatable bonds is 7. The van der Waals surface area contributed by atoms with Crippen LogP contribution in [0.15, 0.2) is 20.0 Å². The molecule has 108 valence electrons. The second kappa shape index (κ2) is 6.13. The molecule has 1 heterocycles. The Balaban J connectivity index is 2.30. The molecule has 1 aliphatic rings. The van der Waals surface area contributed by atoms with E-state index in [1.165, 1.54) is 10.4 Å². The zero-order valence-corrected chi connectivity index (χ0v) is 13.6. The number of methoxy groups -OCH3 is 1. The van der Waals surface area contributed by atoms with Crippen molar-refractivity contribution in [1.82, 2.24) is 4.31 Å². The van der Waals surface area contributed by atoms with E-state index in [4.69, 9.17) is 20.8 Å². The highest BCUT2D eigenvalue weighted by Gasteiger charge is 2.39. The Kier molecular flexibility index (Phi) is 4.94. The first-order valence-corrected chi connectivity index (χ1v) is 8.62. The van der Waals surface area contributed by atoms with Gasteiger partial charge in [-0.1, -0.05) is 0 Å². The third kappa shape index (κ3) is 3.33. The van der Waals surface area contributed by atoms with Gasteiger partial charge in [0, 0.05) is 25.8 Å². The van der Waals surface area contributed by atoms with Gasteiger partial charge in [0.1, 0.15) is 10.7 Å². The van der Waals surface area contributed by atoms with Gasteiger partial charge >= 0.3 is 0 Å². The Morgan fingerprint density at radius 2 is 2.26 bits per heavy atom. The number of ether oxygens (including phenoxy) is 1. The summed E-state index contributed by atoms with van der Waals surface area (Å²) in [6.07, 6.45) is 1.78. The van der Waals surface area contributed by atoms with Crippen LogP contribution in [0.2, 0.25) is 0 Å². The molecule has 8 heteroatoms. The zero-order valence-electron chi connectivity index (χ0n) is 10.4. The SMILES string of the molecule is COCCN(C1CC1)S(=O)(=O)c1cc(CCl)oc1Br. The number of furan rings is 1. The molecule has 2 rings (SSSR count). The average Bonchev–Trinajstić information content (AvgIpc) is 3.11. The largest absolute Gasteiger partial charge is 0.452 e. The van der Waals surface area contributed by atoms with Gasteiger partial charge in [-0.15, -0.1) is 11.6 Å². The van der Waals surface area contributed by atoms with Crippen molar-refractivity contribution in [2.45, 2.75) is 29.7 Å². The van der Waals surface area contributed by atoms with E-state index in [0.717, 1.165) is 12.8 Å². The maximum absolute atomic E-state index is 12.6. The van der Waals surface area contributed by atoms with E-state index in [2.05, 4.69) is 15.9 Å². The predicted molar refractivity (Wildman–Crippen MR) is 74.8 cm³/mol. The second-order valence-corrected chi connectivity index (χ2v) is 7.17. The van der Waals surface area contributed by atoms with E-state index in [-0.39, 0.29) is 21.5 Å². The molecule has 0 bridgehead atoms. The molecule has 0 N–H and O–H groups in total. The molecule has 1 aromatic rings. The molecule has 1 aromatic heterocycles. The van der Waals surface area contributed by atoms with Crippen LogP contribution in [0.4, 0.5) is 0 Å². The van der Waals surface area contributed by atoms with Crippen LogP contribution in [-0.4, -0.2) is 39.0 Å². The summed E-state index contributed by atoms with van der Waals surface area (Å²) in [6.45, 7) is 0.713. The van der Waals surface area contributed by atoms with Crippen LogP contribution in [0, 0.1) is 0 Å². The summed E-state index contributed by atoms with van der Waals surface area (Å²) in [6, 6.07) is 1.54. The molecule has 19 heavy (non-hydrogen) atoms. The molecule has 1 fully saturated rings. The Hall–Kier alpha value is -0.0800. The lowest BCUT2D eigenvalue weighted by Gasteiger charge is -2.20. The van der Waals surface area contributed by atoms with Crippen molar-refractivity contribution in [3.63, 3.8) is 0 Å². The van der Waals surface area contributed by atoms with E-state index in [1.807, 2.05) is 0 Å². The fourth-order valence-corrected chi connectivity index (χ4v) is 4.57. The molecule has 0 atom stereocenters. The first-order chi connectivity index (χ1) is 9.00. The Bertz CT molecular complexity index is 541. The number of hydrogen-bond acceptors (Lipinski definition) is 4. The number of alkyl halides is 1. The molecular weight excluding hydrogens is 358 g/mol. The smallest absolute Gasteiger partial charge is 0.247 e. The van der Waals surface area contributed by atoms with Crippen molar-refractivity contribution in [3.05, 3.63) is 16.5 Å². The predicted octanol–water partition coefficient (Wildman–Crippen LogP) is 2.58. The van der Waals surface area contributed by atoms with Crippen molar-refractivity contribution < 1.29 is 17.6 Å². The highest BCUT2D eigenvalue weighted by molar-refractivity contribution is 9.10. The standard InChI is InChI=1S/C11H15BrClNO4S/c1-17-5-4-14(8-2-3-8)19(15,16)10-6-9(7-13)18-11(10)12/h6,8H,2-5,7H2,1H3. The summed E-state index contributed by atoms with van der Waals surface area (Å²) in [7, 11) is -2.02. The highest BCUT2D eigenvalue weighted by atomic mass is 79.9. The van der Waals surface area contributed by atoms with Gasteiger partial charge in [0.25, 0.3) is 0 Å². The number of halogens is 2. The van der Waals surface area contributed by atoms with E-state index in [9.17, 15) is 8.42 Å². The Labute approximate surface area is 126 Å². The van der Waals surface area contributed by atoms with Gasteiger partial charge in [0.2, 0.25) is 10.0 Å². The quantitative estimate of drug-likeness (QED) is 0.690. The van der Waals surface area contributed by atoms with Crippen LogP contribution >= 0.6 is 27.5 Å². The average molecular weight is 373 g/mol. The maximum Gasteiger partial charge on any atom is 0.247 e. The van der Waals surface area contributed by atoms with E-state index in [0.29, 0.717) is 18.9 Å². The van der Waals surface area contributed by atoms with Crippen molar-refractivity contribution in [1.29, 1.82) is 0 Å². The summed E-state index contributed by atoms with van der Waals surface area (Å²) >= 11 is 8.79. The fraction of sp³-hybridized carbons (Fsp3) is 0.636. The molecule has 0 spiro atoms. The fourth-order valence-electron chi connectivity index (χ4n) is 1.81. The van der Waals surface area contributed by atoms with Crippen LogP contribution in [0.1, 0.15) is 18.6 Å². The minimum Gasteiger partial charge on any atom is -0.452 e. The van der Waals surface area contributed by atoms with Gasteiger partial charge in [-0.2, -0.15) is 4.31 Å². The van der Waals surface area contributed by atoms with Gasteiger partial charge in [0.05, 0.1) is 12.5 Å². The first-order valence-electron chi connectivity index (χ1n) is 5.85. The molecular formula is C11H15BrClNO4S. The van der Waals surface area contributed by atoms with Gasteiger partial charge in [0.15, 0.2) is 4.67 Å². The second-order valence-electron chi connectivity index (χ2n) is 4.32. The van der Waals surface area contributed by atoms with Crippen LogP contribution in [0.3, 0.4) is 0 Å². The Morgan fingerprint density at radius 3 is 2.74 bits per heavy atom. The van der Waals surface area contributed by atoms with Gasteiger partial charge in [-0.05, 0) is 28.8 Å². The lowest BCUT2D eigenvalue weighted by Crippen LogP contribution is -2.35. The Morgan fingerprint density at radius 1 is 1.58 bits per heavy atom. The molecule has 0 unspecified atom stereocenters. The van der Waals surface area contributed by atoms with E-state index < -0.39 is 10.0 Å². The lowest BCUT2D eigenvalue weighted by atomic mass is 10.5. The van der Waals surface area contributed by atoms with Crippen molar-refractivity contribution in [3.8, 4) is 0 Å². The minimum atomic E-state index is -3.58. The van der Waals surface area contributed by atoms with Crippen LogP contribution in [0.5, 0.6) is 0 Å². The minimum absolute atomic E-state index is 0.0707.